The Morgan fingerprint density at radius 1 is 0.944 bits per heavy atom. The number of fused-ring (bicyclic) bond motifs is 2. The van der Waals surface area contributed by atoms with E-state index in [1.807, 2.05) is 0 Å². The van der Waals surface area contributed by atoms with Crippen molar-refractivity contribution in [2.24, 2.45) is 5.92 Å². The molecule has 1 heterocycles. The topological polar surface area (TPSA) is 159 Å². The minimum Gasteiger partial charge on any atom is -0.427 e. The fourth-order valence-corrected chi connectivity index (χ4v) is 7.36. The number of carbonyl (C=O) groups is 7. The lowest BCUT2D eigenvalue weighted by Crippen LogP contribution is -2.50. The summed E-state index contributed by atoms with van der Waals surface area (Å²) >= 11 is 0. The van der Waals surface area contributed by atoms with Crippen LogP contribution in [0.1, 0.15) is 114 Å². The average Bonchev–Trinajstić information content (AvgIpc) is 3.58. The van der Waals surface area contributed by atoms with Crippen molar-refractivity contribution in [3.8, 4) is 0 Å². The molecule has 290 valence electrons. The first-order valence-electron chi connectivity index (χ1n) is 19.2. The first-order valence-corrected chi connectivity index (χ1v) is 19.2. The highest BCUT2D eigenvalue weighted by molar-refractivity contribution is 6.06. The molecule has 2 atom stereocenters. The van der Waals surface area contributed by atoms with Crippen molar-refractivity contribution in [1.82, 2.24) is 15.1 Å². The number of ether oxygens (including phenoxy) is 1. The Morgan fingerprint density at radius 3 is 2.33 bits per heavy atom. The molecular weight excluding hydrogens is 695 g/mol. The van der Waals surface area contributed by atoms with Crippen molar-refractivity contribution in [3.05, 3.63) is 65.0 Å². The van der Waals surface area contributed by atoms with E-state index in [4.69, 9.17) is 4.74 Å². The second-order valence-electron chi connectivity index (χ2n) is 14.8. The van der Waals surface area contributed by atoms with E-state index in [9.17, 15) is 38.0 Å². The summed E-state index contributed by atoms with van der Waals surface area (Å²) < 4.78 is 19.4. The number of unbranched alkanes of at least 4 members (excludes halogenated alkanes) is 4. The number of imide groups is 1. The summed E-state index contributed by atoms with van der Waals surface area (Å²) in [5, 5.41) is 5.49. The lowest BCUT2D eigenvalue weighted by atomic mass is 9.80. The highest BCUT2D eigenvalue weighted by Crippen LogP contribution is 2.46. The number of halogens is 1. The van der Waals surface area contributed by atoms with Crippen LogP contribution in [-0.2, 0) is 52.1 Å². The number of carbonyl (C=O) groups excluding carboxylic acids is 7. The molecule has 2 aromatic carbocycles. The fourth-order valence-electron chi connectivity index (χ4n) is 7.36. The predicted molar refractivity (Wildman–Crippen MR) is 197 cm³/mol. The molecule has 0 aromatic heterocycles. The van der Waals surface area contributed by atoms with Crippen LogP contribution in [0.2, 0.25) is 0 Å². The van der Waals surface area contributed by atoms with Crippen LogP contribution in [-0.4, -0.2) is 70.2 Å². The van der Waals surface area contributed by atoms with Gasteiger partial charge in [0.25, 0.3) is 5.91 Å². The normalized spacial score (nSPS) is 18.2. The van der Waals surface area contributed by atoms with Gasteiger partial charge in [0.1, 0.15) is 23.9 Å². The van der Waals surface area contributed by atoms with Gasteiger partial charge in [0.15, 0.2) is 0 Å². The zero-order chi connectivity index (χ0) is 38.8. The number of hydrogen-bond acceptors (Lipinski definition) is 8. The molecule has 1 spiro atoms. The maximum absolute atomic E-state index is 13.9. The van der Waals surface area contributed by atoms with Crippen LogP contribution < -0.4 is 10.6 Å². The van der Waals surface area contributed by atoms with Crippen molar-refractivity contribution in [3.63, 3.8) is 0 Å². The third-order valence-electron chi connectivity index (χ3n) is 10.8. The molecule has 5 rings (SSSR count). The number of amides is 5. The van der Waals surface area contributed by atoms with Crippen molar-refractivity contribution in [2.45, 2.75) is 122 Å². The lowest BCUT2D eigenvalue weighted by Gasteiger charge is -2.31. The number of anilines is 1. The summed E-state index contributed by atoms with van der Waals surface area (Å²) in [6.07, 6.45) is 8.57. The molecule has 12 nitrogen and oxygen atoms in total. The van der Waals surface area contributed by atoms with E-state index in [0.717, 1.165) is 61.8 Å². The number of rotatable bonds is 20. The second kappa shape index (κ2) is 18.4. The standard InChI is InChI=1S/C41H51FN4O8/c1-27(24-43-37(50)20-18-34(48)11-6-4-3-5-7-12-36(49)30-9-8-10-30)45(25-29-13-15-32(42)16-14-29)38(51)26-46-39(52)41(54-40(46)53)22-21-31-23-33(44-28(2)47)17-19-35(31)41/h13-17,19,23,27,30H,3-12,18,20-22,24-26H2,1-2H3,(H,43,50)(H,44,47)/t27-,41+/m0/s1. The third kappa shape index (κ3) is 10.2. The maximum Gasteiger partial charge on any atom is 0.418 e. The van der Waals surface area contributed by atoms with Gasteiger partial charge in [0.05, 0.1) is 0 Å². The summed E-state index contributed by atoms with van der Waals surface area (Å²) in [5.41, 5.74) is 0.835. The molecule has 0 bridgehead atoms. The van der Waals surface area contributed by atoms with Gasteiger partial charge in [0, 0.05) is 75.3 Å². The Bertz CT molecular complexity index is 1740. The van der Waals surface area contributed by atoms with Crippen LogP contribution in [0, 0.1) is 11.7 Å². The van der Waals surface area contributed by atoms with E-state index in [0.29, 0.717) is 47.8 Å². The molecule has 0 radical (unpaired) electrons. The molecule has 1 saturated heterocycles. The quantitative estimate of drug-likeness (QED) is 0.159. The van der Waals surface area contributed by atoms with Crippen LogP contribution in [0.3, 0.4) is 0 Å². The molecule has 2 aromatic rings. The first kappa shape index (κ1) is 40.2. The zero-order valence-electron chi connectivity index (χ0n) is 31.3. The molecule has 3 aliphatic rings. The van der Waals surface area contributed by atoms with Gasteiger partial charge in [-0.25, -0.2) is 14.1 Å². The molecule has 2 fully saturated rings. The van der Waals surface area contributed by atoms with Gasteiger partial charge in [0.2, 0.25) is 23.3 Å². The van der Waals surface area contributed by atoms with Crippen LogP contribution in [0.5, 0.6) is 0 Å². The number of nitrogens with zero attached hydrogens (tertiary/aromatic N) is 2. The fraction of sp³-hybridized carbons (Fsp3) is 0.537. The van der Waals surface area contributed by atoms with Crippen molar-refractivity contribution in [2.75, 3.05) is 18.4 Å². The average molecular weight is 747 g/mol. The summed E-state index contributed by atoms with van der Waals surface area (Å²) in [5.74, 6) is -1.59. The molecule has 54 heavy (non-hydrogen) atoms. The van der Waals surface area contributed by atoms with Gasteiger partial charge in [-0.05, 0) is 74.4 Å². The minimum atomic E-state index is -1.57. The molecule has 1 aliphatic heterocycles. The monoisotopic (exact) mass is 746 g/mol. The molecule has 5 amide bonds. The van der Waals surface area contributed by atoms with Crippen molar-refractivity contribution < 1.29 is 42.7 Å². The number of aryl methyl sites for hydroxylation is 1. The highest BCUT2D eigenvalue weighted by atomic mass is 19.1. The van der Waals surface area contributed by atoms with Gasteiger partial charge >= 0.3 is 6.09 Å². The van der Waals surface area contributed by atoms with Crippen LogP contribution in [0.25, 0.3) is 0 Å². The third-order valence-corrected chi connectivity index (χ3v) is 10.8. The molecule has 1 saturated carbocycles. The second-order valence-corrected chi connectivity index (χ2v) is 14.8. The SMILES string of the molecule is CC(=O)Nc1ccc2c(c1)CC[C@@]21OC(=O)N(CC(=O)N(Cc2ccc(F)cc2)[C@@H](C)CNC(=O)CCC(=O)CCCCCCCC(=O)C2CCC2)C1=O. The minimum absolute atomic E-state index is 0.00414. The van der Waals surface area contributed by atoms with E-state index in [1.165, 1.54) is 36.1 Å². The van der Waals surface area contributed by atoms with E-state index >= 15 is 0 Å². The Labute approximate surface area is 315 Å². The smallest absolute Gasteiger partial charge is 0.418 e. The highest BCUT2D eigenvalue weighted by Gasteiger charge is 2.58. The lowest BCUT2D eigenvalue weighted by molar-refractivity contribution is -0.143. The van der Waals surface area contributed by atoms with Gasteiger partial charge < -0.3 is 20.3 Å². The van der Waals surface area contributed by atoms with E-state index in [1.54, 1.807) is 25.1 Å². The van der Waals surface area contributed by atoms with E-state index in [-0.39, 0.29) is 49.9 Å². The van der Waals surface area contributed by atoms with Crippen molar-refractivity contribution in [1.29, 1.82) is 0 Å². The maximum atomic E-state index is 13.9. The number of hydrogen-bond donors (Lipinski definition) is 2. The first-order chi connectivity index (χ1) is 25.9. The predicted octanol–water partition coefficient (Wildman–Crippen LogP) is 5.89. The molecule has 13 heteroatoms. The van der Waals surface area contributed by atoms with Crippen LogP contribution in [0.4, 0.5) is 14.9 Å². The van der Waals surface area contributed by atoms with Gasteiger partial charge in [-0.1, -0.05) is 43.9 Å². The number of ketones is 2. The summed E-state index contributed by atoms with van der Waals surface area (Å²) in [6, 6.07) is 9.99. The zero-order valence-corrected chi connectivity index (χ0v) is 31.3. The molecule has 2 N–H and O–H groups in total. The molecular formula is C41H51FN4O8. The summed E-state index contributed by atoms with van der Waals surface area (Å²) in [7, 11) is 0. The van der Waals surface area contributed by atoms with Gasteiger partial charge in [-0.3, -0.25) is 28.8 Å². The Balaban J connectivity index is 1.10. The summed E-state index contributed by atoms with van der Waals surface area (Å²) in [6.45, 7) is 2.54. The van der Waals surface area contributed by atoms with Gasteiger partial charge in [-0.2, -0.15) is 0 Å². The molecule has 2 aliphatic carbocycles. The Kier molecular flexibility index (Phi) is 13.7. The van der Waals surface area contributed by atoms with E-state index in [2.05, 4.69) is 10.6 Å². The molecule has 0 unspecified atom stereocenters. The Morgan fingerprint density at radius 2 is 1.65 bits per heavy atom. The van der Waals surface area contributed by atoms with Crippen molar-refractivity contribution >= 4 is 47.0 Å². The number of Topliss-reactive ketones (excluding diaryl/α,β-unsaturated/α-hetero) is 2. The summed E-state index contributed by atoms with van der Waals surface area (Å²) in [4.78, 5) is 91.7. The Hall–Kier alpha value is -4.94. The van der Waals surface area contributed by atoms with Crippen LogP contribution >= 0.6 is 0 Å². The number of nitrogens with one attached hydrogen (secondary N) is 2. The van der Waals surface area contributed by atoms with Crippen LogP contribution in [0.15, 0.2) is 42.5 Å². The number of benzene rings is 2. The van der Waals surface area contributed by atoms with E-state index < -0.39 is 41.9 Å². The van der Waals surface area contributed by atoms with Gasteiger partial charge in [-0.15, -0.1) is 0 Å². The largest absolute Gasteiger partial charge is 0.427 e.